The highest BCUT2D eigenvalue weighted by atomic mass is 79.9. The van der Waals surface area contributed by atoms with Crippen LogP contribution >= 0.6 is 15.9 Å². The second kappa shape index (κ2) is 4.85. The first-order valence-electron chi connectivity index (χ1n) is 6.80. The molecule has 1 aromatic rings. The molecule has 4 heteroatoms. The number of aryl methyl sites for hydroxylation is 2. The van der Waals surface area contributed by atoms with Crippen molar-refractivity contribution in [3.05, 3.63) is 39.9 Å². The predicted octanol–water partition coefficient (Wildman–Crippen LogP) is 3.52. The zero-order valence-corrected chi connectivity index (χ0v) is 13.1. The summed E-state index contributed by atoms with van der Waals surface area (Å²) in [6, 6.07) is 3.90. The van der Waals surface area contributed by atoms with E-state index < -0.39 is 0 Å². The number of imide groups is 1. The van der Waals surface area contributed by atoms with Crippen LogP contribution in [-0.2, 0) is 9.59 Å². The first kappa shape index (κ1) is 13.6. The lowest BCUT2D eigenvalue weighted by Crippen LogP contribution is -2.32. The van der Waals surface area contributed by atoms with Gasteiger partial charge in [-0.15, -0.1) is 0 Å². The maximum absolute atomic E-state index is 12.6. The van der Waals surface area contributed by atoms with E-state index in [4.69, 9.17) is 0 Å². The van der Waals surface area contributed by atoms with Crippen LogP contribution in [0.4, 0.5) is 5.69 Å². The minimum Gasteiger partial charge on any atom is -0.274 e. The molecule has 0 saturated carbocycles. The molecule has 0 radical (unpaired) electrons. The van der Waals surface area contributed by atoms with Gasteiger partial charge in [0.25, 0.3) is 0 Å². The predicted molar refractivity (Wildman–Crippen MR) is 81.5 cm³/mol. The zero-order valence-electron chi connectivity index (χ0n) is 11.5. The summed E-state index contributed by atoms with van der Waals surface area (Å²) in [4.78, 5) is 26.6. The van der Waals surface area contributed by atoms with Gasteiger partial charge >= 0.3 is 0 Å². The number of anilines is 1. The number of carbonyl (C=O) groups excluding carboxylic acids is 2. The topological polar surface area (TPSA) is 37.4 Å². The normalized spacial score (nSPS) is 25.2. The van der Waals surface area contributed by atoms with Gasteiger partial charge in [-0.1, -0.05) is 28.1 Å². The first-order valence-corrected chi connectivity index (χ1v) is 7.59. The Hall–Kier alpha value is -1.42. The van der Waals surface area contributed by atoms with Crippen LogP contribution in [-0.4, -0.2) is 11.8 Å². The zero-order chi connectivity index (χ0) is 14.4. The Labute approximate surface area is 126 Å². The van der Waals surface area contributed by atoms with Gasteiger partial charge in [0.1, 0.15) is 0 Å². The Bertz CT molecular complexity index is 586. The molecule has 0 aromatic heterocycles. The van der Waals surface area contributed by atoms with Crippen LogP contribution in [0.25, 0.3) is 0 Å². The maximum Gasteiger partial charge on any atom is 0.238 e. The van der Waals surface area contributed by atoms with Crippen LogP contribution in [0.5, 0.6) is 0 Å². The quantitative estimate of drug-likeness (QED) is 0.582. The van der Waals surface area contributed by atoms with E-state index in [2.05, 4.69) is 15.9 Å². The molecule has 3 nitrogen and oxygen atoms in total. The van der Waals surface area contributed by atoms with Crippen molar-refractivity contribution in [2.45, 2.75) is 26.7 Å². The number of benzene rings is 1. The van der Waals surface area contributed by atoms with Crippen LogP contribution < -0.4 is 4.90 Å². The summed E-state index contributed by atoms with van der Waals surface area (Å²) in [6.07, 6.45) is 5.38. The molecule has 2 aliphatic rings. The summed E-state index contributed by atoms with van der Waals surface area (Å²) < 4.78 is 0.967. The summed E-state index contributed by atoms with van der Waals surface area (Å²) in [5.74, 6) is -0.430. The van der Waals surface area contributed by atoms with Gasteiger partial charge in [0.2, 0.25) is 11.8 Å². The molecule has 2 atom stereocenters. The molecule has 1 saturated heterocycles. The molecule has 2 amide bonds. The number of fused-ring (bicyclic) bond motifs is 1. The molecule has 1 heterocycles. The Morgan fingerprint density at radius 1 is 1.00 bits per heavy atom. The summed E-state index contributed by atoms with van der Waals surface area (Å²) >= 11 is 3.45. The molecule has 1 fully saturated rings. The van der Waals surface area contributed by atoms with Crippen molar-refractivity contribution in [1.29, 1.82) is 0 Å². The number of hydrogen-bond acceptors (Lipinski definition) is 2. The number of hydrogen-bond donors (Lipinski definition) is 0. The minimum absolute atomic E-state index is 0.0436. The van der Waals surface area contributed by atoms with Crippen molar-refractivity contribution in [2.24, 2.45) is 11.8 Å². The van der Waals surface area contributed by atoms with Crippen LogP contribution in [0.15, 0.2) is 28.8 Å². The Morgan fingerprint density at radius 3 is 1.90 bits per heavy atom. The van der Waals surface area contributed by atoms with Crippen molar-refractivity contribution in [3.8, 4) is 0 Å². The number of amides is 2. The third kappa shape index (κ3) is 1.94. The minimum atomic E-state index is -0.171. The van der Waals surface area contributed by atoms with Crippen molar-refractivity contribution < 1.29 is 9.59 Å². The van der Waals surface area contributed by atoms with E-state index in [0.29, 0.717) is 12.8 Å². The molecule has 20 heavy (non-hydrogen) atoms. The summed E-state index contributed by atoms with van der Waals surface area (Å²) in [6.45, 7) is 3.88. The summed E-state index contributed by atoms with van der Waals surface area (Å²) in [7, 11) is 0. The van der Waals surface area contributed by atoms with E-state index in [1.165, 1.54) is 4.90 Å². The van der Waals surface area contributed by atoms with Crippen molar-refractivity contribution in [3.63, 3.8) is 0 Å². The fourth-order valence-corrected chi connectivity index (χ4v) is 3.96. The van der Waals surface area contributed by atoms with Gasteiger partial charge in [0.15, 0.2) is 0 Å². The highest BCUT2D eigenvalue weighted by molar-refractivity contribution is 9.10. The van der Waals surface area contributed by atoms with Crippen molar-refractivity contribution in [2.75, 3.05) is 4.90 Å². The van der Waals surface area contributed by atoms with E-state index in [9.17, 15) is 9.59 Å². The van der Waals surface area contributed by atoms with Gasteiger partial charge in [0.05, 0.1) is 17.5 Å². The number of rotatable bonds is 1. The molecule has 2 unspecified atom stereocenters. The van der Waals surface area contributed by atoms with E-state index >= 15 is 0 Å². The smallest absolute Gasteiger partial charge is 0.238 e. The molecule has 1 aromatic carbocycles. The Kier molecular flexibility index (Phi) is 3.28. The van der Waals surface area contributed by atoms with Gasteiger partial charge in [0, 0.05) is 4.47 Å². The molecule has 3 rings (SSSR count). The highest BCUT2D eigenvalue weighted by Crippen LogP contribution is 2.40. The van der Waals surface area contributed by atoms with E-state index in [1.807, 2.05) is 38.1 Å². The molecule has 0 spiro atoms. The monoisotopic (exact) mass is 333 g/mol. The molecule has 1 aliphatic carbocycles. The van der Waals surface area contributed by atoms with Gasteiger partial charge in [-0.25, -0.2) is 4.90 Å². The van der Waals surface area contributed by atoms with Gasteiger partial charge in [-0.3, -0.25) is 9.59 Å². The van der Waals surface area contributed by atoms with Crippen molar-refractivity contribution in [1.82, 2.24) is 0 Å². The third-order valence-corrected chi connectivity index (χ3v) is 4.64. The summed E-state index contributed by atoms with van der Waals surface area (Å²) in [5.41, 5.74) is 2.66. The van der Waals surface area contributed by atoms with Gasteiger partial charge in [-0.2, -0.15) is 0 Å². The largest absolute Gasteiger partial charge is 0.274 e. The van der Waals surface area contributed by atoms with Gasteiger partial charge < -0.3 is 0 Å². The second-order valence-electron chi connectivity index (χ2n) is 5.56. The summed E-state index contributed by atoms with van der Waals surface area (Å²) in [5, 5.41) is 0. The molecule has 104 valence electrons. The van der Waals surface area contributed by atoms with E-state index in [-0.39, 0.29) is 23.7 Å². The SMILES string of the molecule is Cc1cc(Br)cc(C)c1N1C(=O)C2CC=CCC2C1=O. The molecule has 1 aliphatic heterocycles. The lowest BCUT2D eigenvalue weighted by molar-refractivity contribution is -0.122. The van der Waals surface area contributed by atoms with Crippen LogP contribution in [0, 0.1) is 25.7 Å². The lowest BCUT2D eigenvalue weighted by Gasteiger charge is -2.20. The highest BCUT2D eigenvalue weighted by Gasteiger charge is 2.48. The number of nitrogens with zero attached hydrogens (tertiary/aromatic N) is 1. The standard InChI is InChI=1S/C16H16BrNO2/c1-9-7-11(17)8-10(2)14(9)18-15(19)12-5-3-4-6-13(12)16(18)20/h3-4,7-8,12-13H,5-6H2,1-2H3. The number of allylic oxidation sites excluding steroid dienone is 2. The Balaban J connectivity index is 2.08. The van der Waals surface area contributed by atoms with E-state index in [0.717, 1.165) is 21.3 Å². The first-order chi connectivity index (χ1) is 9.50. The molecule has 0 N–H and O–H groups in total. The van der Waals surface area contributed by atoms with E-state index in [1.54, 1.807) is 0 Å². The van der Waals surface area contributed by atoms with Crippen LogP contribution in [0.3, 0.4) is 0 Å². The third-order valence-electron chi connectivity index (χ3n) is 4.19. The maximum atomic E-state index is 12.6. The van der Waals surface area contributed by atoms with Crippen LogP contribution in [0.2, 0.25) is 0 Å². The molecular formula is C16H16BrNO2. The number of halogens is 1. The van der Waals surface area contributed by atoms with Crippen LogP contribution in [0.1, 0.15) is 24.0 Å². The molecular weight excluding hydrogens is 318 g/mol. The lowest BCUT2D eigenvalue weighted by atomic mass is 9.85. The Morgan fingerprint density at radius 2 is 1.45 bits per heavy atom. The average molecular weight is 334 g/mol. The molecule has 0 bridgehead atoms. The fraction of sp³-hybridized carbons (Fsp3) is 0.375. The van der Waals surface area contributed by atoms with Crippen molar-refractivity contribution >= 4 is 33.4 Å². The average Bonchev–Trinajstić information content (AvgIpc) is 2.64. The fourth-order valence-electron chi connectivity index (χ4n) is 3.28. The number of carbonyl (C=O) groups is 2. The van der Waals surface area contributed by atoms with Gasteiger partial charge in [-0.05, 0) is 49.9 Å². The second-order valence-corrected chi connectivity index (χ2v) is 6.47.